The van der Waals surface area contributed by atoms with E-state index < -0.39 is 0 Å². The van der Waals surface area contributed by atoms with Crippen LogP contribution < -0.4 is 0 Å². The molecule has 2 nitrogen and oxygen atoms in total. The molecule has 0 bridgehead atoms. The summed E-state index contributed by atoms with van der Waals surface area (Å²) in [7, 11) is 0. The van der Waals surface area contributed by atoms with Crippen LogP contribution in [-0.2, 0) is 6.54 Å². The molecule has 4 heteroatoms. The molecule has 4 aromatic rings. The molecule has 0 saturated heterocycles. The van der Waals surface area contributed by atoms with Gasteiger partial charge in [0.25, 0.3) is 0 Å². The number of aryl methyl sites for hydroxylation is 1. The van der Waals surface area contributed by atoms with E-state index in [4.69, 9.17) is 23.2 Å². The summed E-state index contributed by atoms with van der Waals surface area (Å²) in [6.45, 7) is 2.67. The Kier molecular flexibility index (Phi) is 5.57. The number of aromatic nitrogens is 1. The normalized spacial score (nSPS) is 11.4. The molecule has 0 radical (unpaired) electrons. The van der Waals surface area contributed by atoms with Gasteiger partial charge >= 0.3 is 0 Å². The predicted octanol–water partition coefficient (Wildman–Crippen LogP) is 7.20. The molecule has 0 N–H and O–H groups in total. The fourth-order valence-corrected chi connectivity index (χ4v) is 3.67. The number of carbonyl (C=O) groups excluding carboxylic acids is 1. The Morgan fingerprint density at radius 2 is 1.72 bits per heavy atom. The summed E-state index contributed by atoms with van der Waals surface area (Å²) in [5.41, 5.74) is 4.98. The highest BCUT2D eigenvalue weighted by atomic mass is 35.5. The second-order valence-electron chi connectivity index (χ2n) is 7.04. The Morgan fingerprint density at radius 1 is 0.966 bits per heavy atom. The maximum atomic E-state index is 12.5. The van der Waals surface area contributed by atoms with Crippen molar-refractivity contribution >= 4 is 46.0 Å². The molecule has 0 aliphatic rings. The van der Waals surface area contributed by atoms with E-state index in [1.54, 1.807) is 6.08 Å². The first-order valence-corrected chi connectivity index (χ1v) is 10.1. The Morgan fingerprint density at radius 3 is 2.48 bits per heavy atom. The van der Waals surface area contributed by atoms with Crippen LogP contribution in [0.5, 0.6) is 0 Å². The van der Waals surface area contributed by atoms with Crippen molar-refractivity contribution in [1.29, 1.82) is 0 Å². The summed E-state index contributed by atoms with van der Waals surface area (Å²) in [6, 6.07) is 21.4. The van der Waals surface area contributed by atoms with Gasteiger partial charge in [0.05, 0.1) is 10.0 Å². The molecule has 0 atom stereocenters. The molecule has 144 valence electrons. The number of hydrogen-bond donors (Lipinski definition) is 0. The first-order valence-electron chi connectivity index (χ1n) is 9.32. The van der Waals surface area contributed by atoms with Crippen LogP contribution in [0.15, 0.2) is 79.0 Å². The molecule has 0 fully saturated rings. The number of nitrogens with zero attached hydrogens (tertiary/aromatic N) is 1. The van der Waals surface area contributed by atoms with E-state index in [1.807, 2.05) is 67.6 Å². The maximum absolute atomic E-state index is 12.5. The highest BCUT2D eigenvalue weighted by Crippen LogP contribution is 2.26. The minimum Gasteiger partial charge on any atom is -0.342 e. The molecule has 0 aliphatic heterocycles. The number of halogens is 2. The van der Waals surface area contributed by atoms with Crippen LogP contribution in [-0.4, -0.2) is 10.4 Å². The van der Waals surface area contributed by atoms with Crippen LogP contribution in [0.3, 0.4) is 0 Å². The molecule has 29 heavy (non-hydrogen) atoms. The van der Waals surface area contributed by atoms with Gasteiger partial charge in [-0.1, -0.05) is 77.3 Å². The summed E-state index contributed by atoms with van der Waals surface area (Å²) in [5, 5.41) is 2.19. The molecule has 0 saturated carbocycles. The third kappa shape index (κ3) is 4.29. The number of para-hydroxylation sites is 1. The summed E-state index contributed by atoms with van der Waals surface area (Å²) >= 11 is 12.2. The van der Waals surface area contributed by atoms with Gasteiger partial charge in [-0.3, -0.25) is 4.79 Å². The predicted molar refractivity (Wildman–Crippen MR) is 122 cm³/mol. The van der Waals surface area contributed by atoms with Crippen LogP contribution in [0.2, 0.25) is 10.0 Å². The first kappa shape index (κ1) is 19.5. The highest BCUT2D eigenvalue weighted by molar-refractivity contribution is 6.42. The zero-order chi connectivity index (χ0) is 20.4. The fraction of sp³-hybridized carbons (Fsp3) is 0.0800. The van der Waals surface area contributed by atoms with Gasteiger partial charge in [0.1, 0.15) is 0 Å². The Balaban J connectivity index is 1.65. The van der Waals surface area contributed by atoms with Crippen molar-refractivity contribution in [2.75, 3.05) is 0 Å². The first-order chi connectivity index (χ1) is 14.0. The molecular formula is C25H19Cl2NO. The molecule has 4 rings (SSSR count). The molecule has 1 aromatic heterocycles. The van der Waals surface area contributed by atoms with Gasteiger partial charge in [-0.15, -0.1) is 0 Å². The van der Waals surface area contributed by atoms with Crippen molar-refractivity contribution in [3.63, 3.8) is 0 Å². The lowest BCUT2D eigenvalue weighted by atomic mass is 10.1. The van der Waals surface area contributed by atoms with Gasteiger partial charge in [0.15, 0.2) is 5.78 Å². The molecule has 3 aromatic carbocycles. The maximum Gasteiger partial charge on any atom is 0.185 e. The second-order valence-corrected chi connectivity index (χ2v) is 7.86. The summed E-state index contributed by atoms with van der Waals surface area (Å²) in [6.07, 6.45) is 5.58. The average Bonchev–Trinajstić information content (AvgIpc) is 3.07. The van der Waals surface area contributed by atoms with E-state index in [9.17, 15) is 4.79 Å². The molecular weight excluding hydrogens is 401 g/mol. The van der Waals surface area contributed by atoms with Crippen LogP contribution in [0.4, 0.5) is 0 Å². The number of benzene rings is 3. The molecule has 0 unspecified atom stereocenters. The van der Waals surface area contributed by atoms with Gasteiger partial charge in [-0.05, 0) is 42.8 Å². The quantitative estimate of drug-likeness (QED) is 0.247. The summed E-state index contributed by atoms with van der Waals surface area (Å²) in [4.78, 5) is 12.5. The summed E-state index contributed by atoms with van der Waals surface area (Å²) < 4.78 is 2.16. The molecule has 0 spiro atoms. The third-order valence-electron chi connectivity index (χ3n) is 4.91. The van der Waals surface area contributed by atoms with E-state index >= 15 is 0 Å². The molecule has 1 heterocycles. The molecule has 0 amide bonds. The minimum atomic E-state index is -0.00804. The number of hydrogen-bond acceptors (Lipinski definition) is 1. The van der Waals surface area contributed by atoms with E-state index in [-0.39, 0.29) is 5.78 Å². The van der Waals surface area contributed by atoms with Gasteiger partial charge in [-0.2, -0.15) is 0 Å². The number of ketones is 1. The van der Waals surface area contributed by atoms with Crippen molar-refractivity contribution in [2.24, 2.45) is 0 Å². The number of fused-ring (bicyclic) bond motifs is 1. The standard InChI is InChI=1S/C25H19Cl2NO/c1-17-6-9-19(10-7-17)25(29)13-11-20-16-28(24-5-3-2-4-21(20)24)15-18-8-12-22(26)23(27)14-18/h2-14,16H,15H2,1H3/b13-11+. The Labute approximate surface area is 180 Å². The zero-order valence-electron chi connectivity index (χ0n) is 15.9. The van der Waals surface area contributed by atoms with E-state index in [1.165, 1.54) is 0 Å². The Hall–Kier alpha value is -2.81. The van der Waals surface area contributed by atoms with Crippen molar-refractivity contribution in [1.82, 2.24) is 4.57 Å². The van der Waals surface area contributed by atoms with Crippen molar-refractivity contribution in [2.45, 2.75) is 13.5 Å². The number of allylic oxidation sites excluding steroid dienone is 1. The van der Waals surface area contributed by atoms with Crippen LogP contribution in [0.25, 0.3) is 17.0 Å². The van der Waals surface area contributed by atoms with Crippen molar-refractivity contribution in [3.05, 3.63) is 111 Å². The monoisotopic (exact) mass is 419 g/mol. The Bertz CT molecular complexity index is 1220. The van der Waals surface area contributed by atoms with Crippen molar-refractivity contribution < 1.29 is 4.79 Å². The zero-order valence-corrected chi connectivity index (χ0v) is 17.4. The van der Waals surface area contributed by atoms with Gasteiger partial charge < -0.3 is 4.57 Å². The van der Waals surface area contributed by atoms with E-state index in [2.05, 4.69) is 22.9 Å². The topological polar surface area (TPSA) is 22.0 Å². The summed E-state index contributed by atoms with van der Waals surface area (Å²) in [5.74, 6) is -0.00804. The van der Waals surface area contributed by atoms with E-state index in [0.29, 0.717) is 22.2 Å². The second kappa shape index (κ2) is 8.28. The van der Waals surface area contributed by atoms with E-state index in [0.717, 1.165) is 27.6 Å². The van der Waals surface area contributed by atoms with Gasteiger partial charge in [0, 0.05) is 34.8 Å². The van der Waals surface area contributed by atoms with Crippen LogP contribution in [0.1, 0.15) is 27.0 Å². The average molecular weight is 420 g/mol. The fourth-order valence-electron chi connectivity index (χ4n) is 3.35. The smallest absolute Gasteiger partial charge is 0.185 e. The van der Waals surface area contributed by atoms with Crippen LogP contribution in [0, 0.1) is 6.92 Å². The molecule has 0 aliphatic carbocycles. The van der Waals surface area contributed by atoms with Gasteiger partial charge in [0.2, 0.25) is 0 Å². The lowest BCUT2D eigenvalue weighted by Gasteiger charge is -2.06. The minimum absolute atomic E-state index is 0.00804. The SMILES string of the molecule is Cc1ccc(C(=O)/C=C/c2cn(Cc3ccc(Cl)c(Cl)c3)c3ccccc23)cc1. The number of rotatable bonds is 5. The highest BCUT2D eigenvalue weighted by Gasteiger charge is 2.09. The lowest BCUT2D eigenvalue weighted by Crippen LogP contribution is -1.97. The number of carbonyl (C=O) groups is 1. The van der Waals surface area contributed by atoms with Crippen molar-refractivity contribution in [3.8, 4) is 0 Å². The van der Waals surface area contributed by atoms with Gasteiger partial charge in [-0.25, -0.2) is 0 Å². The lowest BCUT2D eigenvalue weighted by molar-refractivity contribution is 0.104. The third-order valence-corrected chi connectivity index (χ3v) is 5.65. The largest absolute Gasteiger partial charge is 0.342 e. The van der Waals surface area contributed by atoms with Crippen LogP contribution >= 0.6 is 23.2 Å².